The van der Waals surface area contributed by atoms with Crippen LogP contribution in [0, 0.1) is 0 Å². The second kappa shape index (κ2) is 54.0. The number of rotatable bonds is 51. The van der Waals surface area contributed by atoms with Crippen molar-refractivity contribution in [3.63, 3.8) is 0 Å². The summed E-state index contributed by atoms with van der Waals surface area (Å²) in [5, 5.41) is 0. The van der Waals surface area contributed by atoms with Gasteiger partial charge >= 0.3 is 17.9 Å². The zero-order valence-corrected chi connectivity index (χ0v) is 43.3. The predicted octanol–water partition coefficient (Wildman–Crippen LogP) is 18.7. The fraction of sp³-hybridized carbons (Fsp3) is 0.814. The van der Waals surface area contributed by atoms with Gasteiger partial charge in [-0.1, -0.05) is 217 Å². The van der Waals surface area contributed by atoms with Gasteiger partial charge in [-0.3, -0.25) is 14.4 Å². The molecule has 0 aliphatic rings. The first-order valence-electron chi connectivity index (χ1n) is 28.1. The maximum absolute atomic E-state index is 12.8. The molecule has 0 aliphatic carbocycles. The number of carbonyl (C=O) groups is 3. The van der Waals surface area contributed by atoms with Crippen LogP contribution in [-0.4, -0.2) is 37.2 Å². The summed E-state index contributed by atoms with van der Waals surface area (Å²) in [6.07, 6.45) is 65.2. The van der Waals surface area contributed by atoms with Crippen molar-refractivity contribution in [1.82, 2.24) is 0 Å². The SMILES string of the molecule is CCCCCC/C=C\C/C=C\CCCCCCCCCC(=O)OCC(COC(=O)CCCCCCC/C=C\CCCCCCC)OC(=O)CCCCCCC/C=C\CCCCCCCC. The van der Waals surface area contributed by atoms with E-state index in [2.05, 4.69) is 69.4 Å². The van der Waals surface area contributed by atoms with E-state index in [1.165, 1.54) is 161 Å². The minimum atomic E-state index is -0.783. The Hall–Kier alpha value is -2.63. The summed E-state index contributed by atoms with van der Waals surface area (Å²) >= 11 is 0. The summed E-state index contributed by atoms with van der Waals surface area (Å²) in [6, 6.07) is 0. The van der Waals surface area contributed by atoms with Crippen LogP contribution in [-0.2, 0) is 28.6 Å². The Balaban J connectivity index is 4.39. The normalized spacial score (nSPS) is 12.4. The summed E-state index contributed by atoms with van der Waals surface area (Å²) in [5.74, 6) is -0.895. The first-order chi connectivity index (χ1) is 32.0. The highest BCUT2D eigenvalue weighted by Crippen LogP contribution is 2.15. The molecule has 0 aliphatic heterocycles. The summed E-state index contributed by atoms with van der Waals surface area (Å²) in [4.78, 5) is 38.1. The van der Waals surface area contributed by atoms with Crippen molar-refractivity contribution >= 4 is 17.9 Å². The molecule has 0 fully saturated rings. The Morgan fingerprint density at radius 3 is 0.877 bits per heavy atom. The quantitative estimate of drug-likeness (QED) is 0.0262. The highest BCUT2D eigenvalue weighted by Gasteiger charge is 2.19. The van der Waals surface area contributed by atoms with Gasteiger partial charge in [0.1, 0.15) is 13.2 Å². The third kappa shape index (κ3) is 52.2. The van der Waals surface area contributed by atoms with Crippen LogP contribution in [0.15, 0.2) is 48.6 Å². The predicted molar refractivity (Wildman–Crippen MR) is 279 cm³/mol. The van der Waals surface area contributed by atoms with Crippen LogP contribution >= 0.6 is 0 Å². The number of unbranched alkanes of at least 4 members (excludes halogenated alkanes) is 32. The fourth-order valence-electron chi connectivity index (χ4n) is 7.99. The van der Waals surface area contributed by atoms with Gasteiger partial charge in [0.2, 0.25) is 0 Å². The van der Waals surface area contributed by atoms with E-state index in [0.29, 0.717) is 19.3 Å². The average molecular weight is 911 g/mol. The maximum Gasteiger partial charge on any atom is 0.306 e. The van der Waals surface area contributed by atoms with E-state index in [4.69, 9.17) is 14.2 Å². The average Bonchev–Trinajstić information content (AvgIpc) is 3.30. The topological polar surface area (TPSA) is 78.9 Å². The van der Waals surface area contributed by atoms with E-state index in [-0.39, 0.29) is 31.1 Å². The lowest BCUT2D eigenvalue weighted by Gasteiger charge is -2.18. The molecule has 0 rings (SSSR count). The number of carbonyl (C=O) groups excluding carboxylic acids is 3. The molecule has 0 saturated carbocycles. The van der Waals surface area contributed by atoms with Crippen LogP contribution in [0.2, 0.25) is 0 Å². The lowest BCUT2D eigenvalue weighted by Crippen LogP contribution is -2.30. The third-order valence-corrected chi connectivity index (χ3v) is 12.3. The number of ether oxygens (including phenoxy) is 3. The molecule has 0 amide bonds. The van der Waals surface area contributed by atoms with Gasteiger partial charge in [-0.15, -0.1) is 0 Å². The van der Waals surface area contributed by atoms with Gasteiger partial charge < -0.3 is 14.2 Å². The second-order valence-corrected chi connectivity index (χ2v) is 18.8. The van der Waals surface area contributed by atoms with Crippen LogP contribution < -0.4 is 0 Å². The Morgan fingerprint density at radius 1 is 0.308 bits per heavy atom. The molecule has 0 saturated heterocycles. The highest BCUT2D eigenvalue weighted by molar-refractivity contribution is 5.71. The first-order valence-corrected chi connectivity index (χ1v) is 28.1. The Kier molecular flexibility index (Phi) is 51.8. The van der Waals surface area contributed by atoms with Gasteiger partial charge in [0.25, 0.3) is 0 Å². The van der Waals surface area contributed by atoms with Gasteiger partial charge in [0, 0.05) is 19.3 Å². The number of allylic oxidation sites excluding steroid dienone is 8. The molecule has 6 heteroatoms. The van der Waals surface area contributed by atoms with Crippen molar-refractivity contribution < 1.29 is 28.6 Å². The lowest BCUT2D eigenvalue weighted by molar-refractivity contribution is -0.167. The van der Waals surface area contributed by atoms with Gasteiger partial charge in [0.15, 0.2) is 6.10 Å². The van der Waals surface area contributed by atoms with Gasteiger partial charge in [-0.05, 0) is 103 Å². The Bertz CT molecular complexity index is 1140. The standard InChI is InChI=1S/C59H106O6/c1-4-7-10-13-16-19-22-25-28-29-30-32-34-37-40-43-46-49-52-58(61)64-55-56(54-63-57(60)51-48-45-42-39-36-33-27-24-21-18-15-12-9-6-3)65-59(62)53-50-47-44-41-38-35-31-26-23-20-17-14-11-8-5-2/h19,22,24,26-29,31,56H,4-18,20-21,23,25,30,32-55H2,1-3H3/b22-19-,27-24-,29-28-,31-26-. The van der Waals surface area contributed by atoms with E-state index >= 15 is 0 Å². The molecule has 1 atom stereocenters. The van der Waals surface area contributed by atoms with Crippen molar-refractivity contribution in [3.8, 4) is 0 Å². The number of esters is 3. The van der Waals surface area contributed by atoms with Crippen molar-refractivity contribution in [2.24, 2.45) is 0 Å². The van der Waals surface area contributed by atoms with E-state index in [1.54, 1.807) is 0 Å². The molecule has 0 heterocycles. The molecule has 6 nitrogen and oxygen atoms in total. The maximum atomic E-state index is 12.8. The van der Waals surface area contributed by atoms with E-state index in [9.17, 15) is 14.4 Å². The molecule has 65 heavy (non-hydrogen) atoms. The van der Waals surface area contributed by atoms with E-state index in [0.717, 1.165) is 89.9 Å². The molecule has 378 valence electrons. The number of hydrogen-bond acceptors (Lipinski definition) is 6. The zero-order valence-electron chi connectivity index (χ0n) is 43.3. The largest absolute Gasteiger partial charge is 0.462 e. The smallest absolute Gasteiger partial charge is 0.306 e. The van der Waals surface area contributed by atoms with Gasteiger partial charge in [-0.2, -0.15) is 0 Å². The molecule has 1 unspecified atom stereocenters. The molecule has 0 aromatic heterocycles. The van der Waals surface area contributed by atoms with Crippen molar-refractivity contribution in [2.45, 2.75) is 297 Å². The molecule has 0 aromatic carbocycles. The monoisotopic (exact) mass is 911 g/mol. The minimum absolute atomic E-state index is 0.0820. The Morgan fingerprint density at radius 2 is 0.554 bits per heavy atom. The zero-order chi connectivity index (χ0) is 47.2. The fourth-order valence-corrected chi connectivity index (χ4v) is 7.99. The second-order valence-electron chi connectivity index (χ2n) is 18.8. The van der Waals surface area contributed by atoms with Crippen LogP contribution in [0.3, 0.4) is 0 Å². The van der Waals surface area contributed by atoms with E-state index in [1.807, 2.05) is 0 Å². The molecule has 0 aromatic rings. The molecular weight excluding hydrogens is 805 g/mol. The Labute approximate surface area is 403 Å². The molecule has 0 bridgehead atoms. The van der Waals surface area contributed by atoms with Crippen LogP contribution in [0.4, 0.5) is 0 Å². The molecule has 0 radical (unpaired) electrons. The van der Waals surface area contributed by atoms with Crippen LogP contribution in [0.25, 0.3) is 0 Å². The summed E-state index contributed by atoms with van der Waals surface area (Å²) < 4.78 is 16.8. The summed E-state index contributed by atoms with van der Waals surface area (Å²) in [7, 11) is 0. The highest BCUT2D eigenvalue weighted by atomic mass is 16.6. The lowest BCUT2D eigenvalue weighted by atomic mass is 10.1. The number of hydrogen-bond donors (Lipinski definition) is 0. The van der Waals surface area contributed by atoms with Crippen molar-refractivity contribution in [2.75, 3.05) is 13.2 Å². The van der Waals surface area contributed by atoms with Gasteiger partial charge in [-0.25, -0.2) is 0 Å². The van der Waals surface area contributed by atoms with Crippen molar-refractivity contribution in [1.29, 1.82) is 0 Å². The van der Waals surface area contributed by atoms with Crippen LogP contribution in [0.5, 0.6) is 0 Å². The van der Waals surface area contributed by atoms with Crippen molar-refractivity contribution in [3.05, 3.63) is 48.6 Å². The first kappa shape index (κ1) is 62.4. The summed E-state index contributed by atoms with van der Waals surface area (Å²) in [6.45, 7) is 6.61. The minimum Gasteiger partial charge on any atom is -0.462 e. The third-order valence-electron chi connectivity index (χ3n) is 12.3. The van der Waals surface area contributed by atoms with Gasteiger partial charge in [0.05, 0.1) is 0 Å². The summed E-state index contributed by atoms with van der Waals surface area (Å²) in [5.41, 5.74) is 0. The van der Waals surface area contributed by atoms with E-state index < -0.39 is 6.10 Å². The molecule has 0 spiro atoms. The van der Waals surface area contributed by atoms with Crippen LogP contribution in [0.1, 0.15) is 290 Å². The molecular formula is C59H106O6. The molecule has 0 N–H and O–H groups in total.